The number of benzene rings is 1. The number of rotatable bonds is 6. The van der Waals surface area contributed by atoms with Crippen LogP contribution in [0, 0.1) is 0 Å². The third kappa shape index (κ3) is 3.27. The Morgan fingerprint density at radius 2 is 1.96 bits per heavy atom. The standard InChI is InChI=1S/C14H14Cl2N6OS/c1-24-13(22-9-18-7-20-22)14(23,5-21-8-17-6-19-21)11-3-2-10(15)4-12(11)16/h2-4,6-9,13,23H,5H2,1H3/t13-,14+/m1/s1. The van der Waals surface area contributed by atoms with E-state index in [1.165, 1.54) is 30.7 Å². The zero-order chi connectivity index (χ0) is 17.2. The summed E-state index contributed by atoms with van der Waals surface area (Å²) in [6.07, 6.45) is 7.79. The molecule has 1 N–H and O–H groups in total. The molecule has 10 heteroatoms. The highest BCUT2D eigenvalue weighted by Gasteiger charge is 2.42. The molecular weight excluding hydrogens is 371 g/mol. The molecule has 126 valence electrons. The Hall–Kier alpha value is -1.61. The highest BCUT2D eigenvalue weighted by molar-refractivity contribution is 7.98. The molecule has 24 heavy (non-hydrogen) atoms. The average molecular weight is 385 g/mol. The van der Waals surface area contributed by atoms with Crippen LogP contribution in [0.25, 0.3) is 0 Å². The summed E-state index contributed by atoms with van der Waals surface area (Å²) in [6, 6.07) is 5.00. The second kappa shape index (κ2) is 7.10. The van der Waals surface area contributed by atoms with E-state index in [0.717, 1.165) is 0 Å². The molecular formula is C14H14Cl2N6OS. The molecule has 0 amide bonds. The molecule has 0 aliphatic heterocycles. The molecule has 2 atom stereocenters. The minimum absolute atomic E-state index is 0.139. The van der Waals surface area contributed by atoms with Gasteiger partial charge in [0.1, 0.15) is 36.3 Å². The molecule has 2 heterocycles. The van der Waals surface area contributed by atoms with Gasteiger partial charge in [0.05, 0.1) is 6.54 Å². The van der Waals surface area contributed by atoms with Gasteiger partial charge >= 0.3 is 0 Å². The van der Waals surface area contributed by atoms with Gasteiger partial charge < -0.3 is 5.11 Å². The average Bonchev–Trinajstić information content (AvgIpc) is 3.21. The molecule has 3 rings (SSSR count). The van der Waals surface area contributed by atoms with Crippen LogP contribution in [0.3, 0.4) is 0 Å². The van der Waals surface area contributed by atoms with Crippen LogP contribution in [0.15, 0.2) is 43.5 Å². The summed E-state index contributed by atoms with van der Waals surface area (Å²) in [6.45, 7) is 0.139. The number of nitrogens with zero attached hydrogens (tertiary/aromatic N) is 6. The fraction of sp³-hybridized carbons (Fsp3) is 0.286. The van der Waals surface area contributed by atoms with Gasteiger partial charge in [-0.15, -0.1) is 11.8 Å². The van der Waals surface area contributed by atoms with Gasteiger partial charge in [-0.1, -0.05) is 29.3 Å². The number of aromatic nitrogens is 6. The largest absolute Gasteiger partial charge is 0.380 e. The molecule has 0 aliphatic carbocycles. The Bertz CT molecular complexity index is 798. The maximum atomic E-state index is 11.6. The van der Waals surface area contributed by atoms with Gasteiger partial charge in [-0.2, -0.15) is 10.2 Å². The normalized spacial score (nSPS) is 15.2. The molecule has 0 radical (unpaired) electrons. The first-order valence-electron chi connectivity index (χ1n) is 6.92. The Morgan fingerprint density at radius 1 is 1.21 bits per heavy atom. The first kappa shape index (κ1) is 17.2. The fourth-order valence-electron chi connectivity index (χ4n) is 2.56. The van der Waals surface area contributed by atoms with Crippen molar-refractivity contribution in [3.05, 3.63) is 59.1 Å². The highest BCUT2D eigenvalue weighted by Crippen LogP contribution is 2.43. The van der Waals surface area contributed by atoms with E-state index in [1.807, 2.05) is 6.26 Å². The van der Waals surface area contributed by atoms with Crippen LogP contribution in [0.2, 0.25) is 10.0 Å². The van der Waals surface area contributed by atoms with Crippen LogP contribution >= 0.6 is 35.0 Å². The molecule has 3 aromatic rings. The number of thioether (sulfide) groups is 1. The topological polar surface area (TPSA) is 81.6 Å². The summed E-state index contributed by atoms with van der Waals surface area (Å²) in [5.41, 5.74) is -0.887. The molecule has 0 spiro atoms. The predicted octanol–water partition coefficient (Wildman–Crippen LogP) is 2.63. The van der Waals surface area contributed by atoms with Gasteiger partial charge in [-0.25, -0.2) is 19.3 Å². The van der Waals surface area contributed by atoms with Crippen LogP contribution in [0.5, 0.6) is 0 Å². The van der Waals surface area contributed by atoms with Crippen LogP contribution in [-0.2, 0) is 12.1 Å². The predicted molar refractivity (Wildman–Crippen MR) is 93.0 cm³/mol. The van der Waals surface area contributed by atoms with Crippen LogP contribution in [-0.4, -0.2) is 40.9 Å². The van der Waals surface area contributed by atoms with Gasteiger partial charge in [-0.05, 0) is 18.4 Å². The lowest BCUT2D eigenvalue weighted by atomic mass is 9.93. The van der Waals surface area contributed by atoms with Crippen LogP contribution < -0.4 is 0 Å². The Balaban J connectivity index is 2.12. The lowest BCUT2D eigenvalue weighted by Crippen LogP contribution is -2.40. The lowest BCUT2D eigenvalue weighted by molar-refractivity contribution is -0.00903. The Kier molecular flexibility index (Phi) is 5.09. The van der Waals surface area contributed by atoms with Crippen molar-refractivity contribution < 1.29 is 5.11 Å². The highest BCUT2D eigenvalue weighted by atomic mass is 35.5. The van der Waals surface area contributed by atoms with Crippen LogP contribution in [0.1, 0.15) is 10.9 Å². The molecule has 0 aliphatic rings. The summed E-state index contributed by atoms with van der Waals surface area (Å²) in [4.78, 5) is 7.90. The first-order chi connectivity index (χ1) is 11.5. The number of halogens is 2. The molecule has 0 unspecified atom stereocenters. The van der Waals surface area contributed by atoms with Crippen molar-refractivity contribution in [3.8, 4) is 0 Å². The van der Waals surface area contributed by atoms with E-state index in [9.17, 15) is 5.11 Å². The van der Waals surface area contributed by atoms with Crippen molar-refractivity contribution >= 4 is 35.0 Å². The molecule has 0 saturated heterocycles. The zero-order valence-electron chi connectivity index (χ0n) is 12.6. The maximum absolute atomic E-state index is 11.6. The second-order valence-electron chi connectivity index (χ2n) is 5.11. The third-order valence-corrected chi connectivity index (χ3v) is 5.18. The van der Waals surface area contributed by atoms with Crippen molar-refractivity contribution in [2.45, 2.75) is 17.5 Å². The first-order valence-corrected chi connectivity index (χ1v) is 8.96. The van der Waals surface area contributed by atoms with Crippen molar-refractivity contribution in [1.82, 2.24) is 29.5 Å². The third-order valence-electron chi connectivity index (χ3n) is 3.58. The fourth-order valence-corrected chi connectivity index (χ4v) is 4.05. The smallest absolute Gasteiger partial charge is 0.142 e. The van der Waals surface area contributed by atoms with Crippen molar-refractivity contribution in [2.75, 3.05) is 6.26 Å². The monoisotopic (exact) mass is 384 g/mol. The molecule has 7 nitrogen and oxygen atoms in total. The quantitative estimate of drug-likeness (QED) is 0.703. The summed E-state index contributed by atoms with van der Waals surface area (Å²) in [5.74, 6) is 0. The molecule has 2 aromatic heterocycles. The second-order valence-corrected chi connectivity index (χ2v) is 6.87. The van der Waals surface area contributed by atoms with Crippen molar-refractivity contribution in [2.24, 2.45) is 0 Å². The molecule has 0 fully saturated rings. The summed E-state index contributed by atoms with van der Waals surface area (Å²) in [5, 5.41) is 20.3. The minimum atomic E-state index is -1.41. The maximum Gasteiger partial charge on any atom is 0.142 e. The van der Waals surface area contributed by atoms with Crippen molar-refractivity contribution in [1.29, 1.82) is 0 Å². The Labute approximate surface area is 152 Å². The van der Waals surface area contributed by atoms with Crippen molar-refractivity contribution in [3.63, 3.8) is 0 Å². The van der Waals surface area contributed by atoms with E-state index < -0.39 is 11.0 Å². The SMILES string of the molecule is CS[C@@H](n1cncn1)[C@](O)(Cn1cncn1)c1ccc(Cl)cc1Cl. The van der Waals surface area contributed by atoms with E-state index in [4.69, 9.17) is 23.2 Å². The lowest BCUT2D eigenvalue weighted by Gasteiger charge is -2.35. The summed E-state index contributed by atoms with van der Waals surface area (Å²) in [7, 11) is 0. The number of hydrogen-bond donors (Lipinski definition) is 1. The van der Waals surface area contributed by atoms with Crippen LogP contribution in [0.4, 0.5) is 0 Å². The zero-order valence-corrected chi connectivity index (χ0v) is 14.9. The van der Waals surface area contributed by atoms with Gasteiger partial charge in [0.15, 0.2) is 0 Å². The van der Waals surface area contributed by atoms with Gasteiger partial charge in [0.2, 0.25) is 0 Å². The molecule has 0 saturated carbocycles. The van der Waals surface area contributed by atoms with E-state index in [1.54, 1.807) is 33.9 Å². The van der Waals surface area contributed by atoms with Gasteiger partial charge in [0, 0.05) is 15.6 Å². The molecule has 0 bridgehead atoms. The summed E-state index contributed by atoms with van der Waals surface area (Å²) >= 11 is 13.8. The number of aliphatic hydroxyl groups is 1. The Morgan fingerprint density at radius 3 is 2.54 bits per heavy atom. The van der Waals surface area contributed by atoms with E-state index in [0.29, 0.717) is 15.6 Å². The molecule has 1 aromatic carbocycles. The van der Waals surface area contributed by atoms with E-state index >= 15 is 0 Å². The van der Waals surface area contributed by atoms with E-state index in [2.05, 4.69) is 20.2 Å². The van der Waals surface area contributed by atoms with Gasteiger partial charge in [0.25, 0.3) is 0 Å². The summed E-state index contributed by atoms with van der Waals surface area (Å²) < 4.78 is 3.14. The van der Waals surface area contributed by atoms with Gasteiger partial charge in [-0.3, -0.25) is 0 Å². The minimum Gasteiger partial charge on any atom is -0.380 e. The number of hydrogen-bond acceptors (Lipinski definition) is 6. The van der Waals surface area contributed by atoms with E-state index in [-0.39, 0.29) is 6.54 Å².